The fourth-order valence-corrected chi connectivity index (χ4v) is 3.81. The van der Waals surface area contributed by atoms with Gasteiger partial charge in [-0.3, -0.25) is 4.79 Å². The van der Waals surface area contributed by atoms with E-state index in [2.05, 4.69) is 5.32 Å². The Labute approximate surface area is 136 Å². The third kappa shape index (κ3) is 2.97. The van der Waals surface area contributed by atoms with Gasteiger partial charge in [0.1, 0.15) is 5.60 Å². The van der Waals surface area contributed by atoms with Gasteiger partial charge in [-0.1, -0.05) is 24.3 Å². The second-order valence-electron chi connectivity index (χ2n) is 4.90. The highest BCUT2D eigenvalue weighted by molar-refractivity contribution is 7.10. The third-order valence-corrected chi connectivity index (χ3v) is 5.17. The van der Waals surface area contributed by atoms with Gasteiger partial charge in [0.2, 0.25) is 0 Å². The third-order valence-electron chi connectivity index (χ3n) is 3.47. The van der Waals surface area contributed by atoms with Crippen LogP contribution in [0.25, 0.3) is 0 Å². The predicted molar refractivity (Wildman–Crippen MR) is 90.4 cm³/mol. The monoisotopic (exact) mass is 329 g/mol. The summed E-state index contributed by atoms with van der Waals surface area (Å²) in [6, 6.07) is 14.7. The van der Waals surface area contributed by atoms with Crippen molar-refractivity contribution in [2.75, 3.05) is 6.54 Å². The zero-order chi connectivity index (χ0) is 15.4. The van der Waals surface area contributed by atoms with E-state index in [0.717, 1.165) is 10.4 Å². The van der Waals surface area contributed by atoms with Crippen LogP contribution in [-0.4, -0.2) is 17.6 Å². The van der Waals surface area contributed by atoms with E-state index < -0.39 is 5.60 Å². The van der Waals surface area contributed by atoms with Gasteiger partial charge in [0, 0.05) is 16.0 Å². The second-order valence-corrected chi connectivity index (χ2v) is 6.63. The minimum Gasteiger partial charge on any atom is -0.378 e. The molecule has 1 unspecified atom stereocenters. The fourth-order valence-electron chi connectivity index (χ4n) is 2.24. The van der Waals surface area contributed by atoms with Crippen LogP contribution in [0.3, 0.4) is 0 Å². The van der Waals surface area contributed by atoms with Crippen molar-refractivity contribution in [2.45, 2.75) is 5.60 Å². The molecule has 1 atom stereocenters. The van der Waals surface area contributed by atoms with Crippen LogP contribution in [0, 0.1) is 0 Å². The average Bonchev–Trinajstić information content (AvgIpc) is 3.26. The molecule has 112 valence electrons. The lowest BCUT2D eigenvalue weighted by Gasteiger charge is -2.27. The van der Waals surface area contributed by atoms with E-state index in [-0.39, 0.29) is 12.5 Å². The van der Waals surface area contributed by atoms with Crippen LogP contribution in [0.1, 0.15) is 20.8 Å². The summed E-state index contributed by atoms with van der Waals surface area (Å²) in [4.78, 5) is 13.0. The van der Waals surface area contributed by atoms with E-state index in [9.17, 15) is 9.90 Å². The van der Waals surface area contributed by atoms with Crippen molar-refractivity contribution >= 4 is 28.6 Å². The first-order valence-electron chi connectivity index (χ1n) is 6.82. The lowest BCUT2D eigenvalue weighted by atomic mass is 9.94. The van der Waals surface area contributed by atoms with Crippen molar-refractivity contribution in [3.8, 4) is 0 Å². The van der Waals surface area contributed by atoms with E-state index in [4.69, 9.17) is 0 Å². The van der Waals surface area contributed by atoms with Crippen molar-refractivity contribution in [1.29, 1.82) is 0 Å². The summed E-state index contributed by atoms with van der Waals surface area (Å²) in [5, 5.41) is 19.7. The Morgan fingerprint density at radius 2 is 1.91 bits per heavy atom. The Hall–Kier alpha value is -1.95. The molecule has 0 radical (unpaired) electrons. The van der Waals surface area contributed by atoms with Gasteiger partial charge in [-0.15, -0.1) is 11.3 Å². The number of hydrogen-bond acceptors (Lipinski definition) is 4. The molecule has 0 bridgehead atoms. The lowest BCUT2D eigenvalue weighted by molar-refractivity contribution is 0.0721. The molecule has 5 heteroatoms. The lowest BCUT2D eigenvalue weighted by Crippen LogP contribution is -2.40. The van der Waals surface area contributed by atoms with E-state index in [0.29, 0.717) is 5.56 Å². The summed E-state index contributed by atoms with van der Waals surface area (Å²) >= 11 is 3.01. The van der Waals surface area contributed by atoms with Gasteiger partial charge in [-0.25, -0.2) is 0 Å². The summed E-state index contributed by atoms with van der Waals surface area (Å²) in [6.45, 7) is 0.137. The normalized spacial score (nSPS) is 13.5. The molecule has 1 amide bonds. The van der Waals surface area contributed by atoms with Crippen molar-refractivity contribution < 1.29 is 9.90 Å². The van der Waals surface area contributed by atoms with E-state index >= 15 is 0 Å². The molecule has 3 nitrogen and oxygen atoms in total. The van der Waals surface area contributed by atoms with Crippen LogP contribution in [-0.2, 0) is 5.60 Å². The smallest absolute Gasteiger partial charge is 0.251 e. The molecule has 3 rings (SSSR count). The number of amides is 1. The minimum absolute atomic E-state index is 0.137. The van der Waals surface area contributed by atoms with E-state index in [1.807, 2.05) is 52.5 Å². The van der Waals surface area contributed by atoms with Gasteiger partial charge in [0.15, 0.2) is 0 Å². The molecule has 0 aliphatic carbocycles. The molecular weight excluding hydrogens is 314 g/mol. The first-order valence-corrected chi connectivity index (χ1v) is 8.65. The molecule has 0 saturated carbocycles. The number of carbonyl (C=O) groups excluding carboxylic acids is 1. The summed E-state index contributed by atoms with van der Waals surface area (Å²) < 4.78 is 0. The van der Waals surface area contributed by atoms with Gasteiger partial charge >= 0.3 is 0 Å². The topological polar surface area (TPSA) is 49.3 Å². The molecule has 22 heavy (non-hydrogen) atoms. The Balaban J connectivity index is 1.82. The Bertz CT molecular complexity index is 687. The molecule has 0 aliphatic rings. The maximum Gasteiger partial charge on any atom is 0.251 e. The van der Waals surface area contributed by atoms with Crippen LogP contribution in [0.5, 0.6) is 0 Å². The maximum absolute atomic E-state index is 12.2. The van der Waals surface area contributed by atoms with Gasteiger partial charge in [0.05, 0.1) is 6.54 Å². The molecule has 0 aliphatic heterocycles. The number of thiophene rings is 2. The molecular formula is C17H15NO2S2. The fraction of sp³-hybridized carbons (Fsp3) is 0.118. The molecule has 3 aromatic rings. The molecule has 2 aromatic heterocycles. The van der Waals surface area contributed by atoms with Crippen LogP contribution < -0.4 is 5.32 Å². The summed E-state index contributed by atoms with van der Waals surface area (Å²) in [5.41, 5.74) is 0.188. The summed E-state index contributed by atoms with van der Waals surface area (Å²) in [6.07, 6.45) is 0. The Morgan fingerprint density at radius 3 is 2.55 bits per heavy atom. The van der Waals surface area contributed by atoms with Crippen molar-refractivity contribution in [3.05, 3.63) is 80.7 Å². The number of aliphatic hydroxyl groups is 1. The molecule has 1 aromatic carbocycles. The van der Waals surface area contributed by atoms with Crippen molar-refractivity contribution in [2.24, 2.45) is 0 Å². The number of nitrogens with one attached hydrogen (secondary N) is 1. The largest absolute Gasteiger partial charge is 0.378 e. The predicted octanol–water partition coefficient (Wildman–Crippen LogP) is 3.48. The van der Waals surface area contributed by atoms with Crippen LogP contribution in [0.15, 0.2) is 64.7 Å². The summed E-state index contributed by atoms with van der Waals surface area (Å²) in [7, 11) is 0. The molecule has 0 saturated heterocycles. The standard InChI is InChI=1S/C17H15NO2S2/c19-16(13-5-2-1-3-6-13)18-12-17(20,14-8-10-21-11-14)15-7-4-9-22-15/h1-11,20H,12H2,(H,18,19). The van der Waals surface area contributed by atoms with E-state index in [1.165, 1.54) is 22.7 Å². The first-order chi connectivity index (χ1) is 10.7. The Kier molecular flexibility index (Phi) is 4.38. The van der Waals surface area contributed by atoms with Gasteiger partial charge < -0.3 is 10.4 Å². The van der Waals surface area contributed by atoms with Crippen LogP contribution in [0.2, 0.25) is 0 Å². The molecule has 2 N–H and O–H groups in total. The summed E-state index contributed by atoms with van der Waals surface area (Å²) in [5.74, 6) is -0.189. The molecule has 2 heterocycles. The number of carbonyl (C=O) groups is 1. The minimum atomic E-state index is -1.20. The van der Waals surface area contributed by atoms with Crippen LogP contribution >= 0.6 is 22.7 Å². The Morgan fingerprint density at radius 1 is 1.09 bits per heavy atom. The van der Waals surface area contributed by atoms with Crippen molar-refractivity contribution in [3.63, 3.8) is 0 Å². The second kappa shape index (κ2) is 6.44. The van der Waals surface area contributed by atoms with Crippen LogP contribution in [0.4, 0.5) is 0 Å². The average molecular weight is 329 g/mol. The van der Waals surface area contributed by atoms with E-state index in [1.54, 1.807) is 12.1 Å². The number of benzene rings is 1. The van der Waals surface area contributed by atoms with Gasteiger partial charge in [-0.05, 0) is 40.4 Å². The first kappa shape index (κ1) is 15.0. The maximum atomic E-state index is 12.2. The highest BCUT2D eigenvalue weighted by atomic mass is 32.1. The molecule has 0 fully saturated rings. The molecule has 0 spiro atoms. The highest BCUT2D eigenvalue weighted by Crippen LogP contribution is 2.33. The quantitative estimate of drug-likeness (QED) is 0.753. The zero-order valence-corrected chi connectivity index (χ0v) is 13.4. The SMILES string of the molecule is O=C(NCC(O)(c1ccsc1)c1cccs1)c1ccccc1. The zero-order valence-electron chi connectivity index (χ0n) is 11.7. The van der Waals surface area contributed by atoms with Gasteiger partial charge in [-0.2, -0.15) is 11.3 Å². The van der Waals surface area contributed by atoms with Gasteiger partial charge in [0.25, 0.3) is 5.91 Å². The van der Waals surface area contributed by atoms with Crippen molar-refractivity contribution in [1.82, 2.24) is 5.32 Å². The number of rotatable bonds is 5. The highest BCUT2D eigenvalue weighted by Gasteiger charge is 2.33. The number of hydrogen-bond donors (Lipinski definition) is 2.